The molecule has 1 unspecified atom stereocenters. The molecule has 1 N–H and O–H groups in total. The molecule has 1 aromatic carbocycles. The molecule has 124 valence electrons. The van der Waals surface area contributed by atoms with Gasteiger partial charge in [-0.1, -0.05) is 6.07 Å². The van der Waals surface area contributed by atoms with Crippen LogP contribution in [0.4, 0.5) is 0 Å². The molecule has 8 heteroatoms. The van der Waals surface area contributed by atoms with Crippen LogP contribution in [-0.2, 0) is 15.8 Å². The Morgan fingerprint density at radius 3 is 2.72 bits per heavy atom. The number of rotatable bonds is 3. The molecule has 0 saturated heterocycles. The van der Waals surface area contributed by atoms with Crippen LogP contribution in [-0.4, -0.2) is 29.9 Å². The van der Waals surface area contributed by atoms with Crippen molar-refractivity contribution in [2.45, 2.75) is 18.8 Å². The van der Waals surface area contributed by atoms with Gasteiger partial charge in [-0.05, 0) is 25.0 Å². The van der Waals surface area contributed by atoms with Crippen LogP contribution in [0.15, 0.2) is 42.9 Å². The lowest BCUT2D eigenvalue weighted by molar-refractivity contribution is -0.114. The zero-order chi connectivity index (χ0) is 17.0. The van der Waals surface area contributed by atoms with E-state index in [4.69, 9.17) is 0 Å². The molecule has 1 amide bonds. The van der Waals surface area contributed by atoms with E-state index in [1.807, 2.05) is 24.4 Å². The molecule has 3 heterocycles. The lowest BCUT2D eigenvalue weighted by Crippen LogP contribution is -2.17. The highest BCUT2D eigenvalue weighted by atomic mass is 32.2. The van der Waals surface area contributed by atoms with Gasteiger partial charge in [0.1, 0.15) is 0 Å². The van der Waals surface area contributed by atoms with E-state index in [9.17, 15) is 9.00 Å². The summed E-state index contributed by atoms with van der Waals surface area (Å²) < 4.78 is 15.8. The molecule has 0 bridgehead atoms. The summed E-state index contributed by atoms with van der Waals surface area (Å²) >= 11 is 0. The van der Waals surface area contributed by atoms with Crippen LogP contribution < -0.4 is 4.72 Å². The van der Waals surface area contributed by atoms with Crippen LogP contribution in [0, 0.1) is 0 Å². The molecular weight excluding hydrogens is 338 g/mol. The van der Waals surface area contributed by atoms with Gasteiger partial charge in [0, 0.05) is 29.1 Å². The molecule has 25 heavy (non-hydrogen) atoms. The molecule has 3 aromatic rings. The third-order valence-electron chi connectivity index (χ3n) is 4.38. The molecule has 0 spiro atoms. The number of carbonyl (C=O) groups excluding carboxylic acids is 1. The maximum absolute atomic E-state index is 11.9. The Hall–Kier alpha value is -2.87. The third kappa shape index (κ3) is 2.45. The predicted molar refractivity (Wildman–Crippen MR) is 93.3 cm³/mol. The Morgan fingerprint density at radius 1 is 1.16 bits per heavy atom. The van der Waals surface area contributed by atoms with Gasteiger partial charge in [-0.3, -0.25) is 19.5 Å². The lowest BCUT2D eigenvalue weighted by atomic mass is 10.1. The van der Waals surface area contributed by atoms with Crippen LogP contribution >= 0.6 is 0 Å². The second kappa shape index (κ2) is 5.32. The maximum Gasteiger partial charge on any atom is 0.258 e. The monoisotopic (exact) mass is 351 g/mol. The van der Waals surface area contributed by atoms with E-state index in [0.29, 0.717) is 10.9 Å². The van der Waals surface area contributed by atoms with Gasteiger partial charge < -0.3 is 0 Å². The van der Waals surface area contributed by atoms with E-state index < -0.39 is 11.0 Å². The lowest BCUT2D eigenvalue weighted by Gasteiger charge is -2.05. The van der Waals surface area contributed by atoms with E-state index in [0.717, 1.165) is 27.9 Å². The summed E-state index contributed by atoms with van der Waals surface area (Å²) in [6.07, 6.45) is 9.05. The van der Waals surface area contributed by atoms with E-state index in [2.05, 4.69) is 19.8 Å². The zero-order valence-electron chi connectivity index (χ0n) is 13.0. The van der Waals surface area contributed by atoms with Gasteiger partial charge in [-0.2, -0.15) is 5.10 Å². The van der Waals surface area contributed by atoms with Crippen molar-refractivity contribution >= 4 is 32.8 Å². The Kier molecular flexibility index (Phi) is 3.08. The Balaban J connectivity index is 1.53. The van der Waals surface area contributed by atoms with Crippen molar-refractivity contribution < 1.29 is 9.00 Å². The van der Waals surface area contributed by atoms with Crippen LogP contribution in [0.25, 0.3) is 27.2 Å². The fourth-order valence-electron chi connectivity index (χ4n) is 2.92. The summed E-state index contributed by atoms with van der Waals surface area (Å²) in [6.45, 7) is 0. The van der Waals surface area contributed by atoms with Crippen LogP contribution in [0.5, 0.6) is 0 Å². The Bertz CT molecular complexity index is 1070. The van der Waals surface area contributed by atoms with Gasteiger partial charge in [0.2, 0.25) is 0 Å². The van der Waals surface area contributed by atoms with Gasteiger partial charge in [-0.15, -0.1) is 0 Å². The van der Waals surface area contributed by atoms with Gasteiger partial charge >= 0.3 is 0 Å². The van der Waals surface area contributed by atoms with E-state index in [1.165, 1.54) is 23.6 Å². The molecule has 2 aliphatic rings. The van der Waals surface area contributed by atoms with E-state index in [1.54, 1.807) is 12.4 Å². The Labute approximate surface area is 145 Å². The van der Waals surface area contributed by atoms with E-state index >= 15 is 0 Å². The van der Waals surface area contributed by atoms with Crippen molar-refractivity contribution in [1.82, 2.24) is 24.5 Å². The number of hydrogen-bond donors (Lipinski definition) is 1. The summed E-state index contributed by atoms with van der Waals surface area (Å²) in [4.78, 5) is 20.4. The SMILES string of the molecule is O=C1C=C(n2ncc3cc(-c4cnc(C5CC5)cn4)ccc32)S(=O)N1. The normalized spacial score (nSPS) is 19.9. The van der Waals surface area contributed by atoms with Crippen molar-refractivity contribution in [1.29, 1.82) is 0 Å². The molecule has 1 fully saturated rings. The zero-order valence-corrected chi connectivity index (χ0v) is 13.9. The number of nitrogens with one attached hydrogen (secondary N) is 1. The summed E-state index contributed by atoms with van der Waals surface area (Å²) in [5.74, 6) is 0.207. The van der Waals surface area contributed by atoms with Crippen molar-refractivity contribution in [3.8, 4) is 11.3 Å². The minimum atomic E-state index is -1.58. The highest BCUT2D eigenvalue weighted by Gasteiger charge is 2.25. The molecule has 1 aliphatic carbocycles. The topological polar surface area (TPSA) is 89.8 Å². The van der Waals surface area contributed by atoms with Gasteiger partial charge in [-0.25, -0.2) is 8.89 Å². The number of nitrogens with zero attached hydrogens (tertiary/aromatic N) is 4. The quantitative estimate of drug-likeness (QED) is 0.779. The second-order valence-electron chi connectivity index (χ2n) is 6.15. The smallest absolute Gasteiger partial charge is 0.258 e. The average molecular weight is 351 g/mol. The molecule has 1 saturated carbocycles. The minimum absolute atomic E-state index is 0.335. The first-order valence-corrected chi connectivity index (χ1v) is 9.08. The molecular formula is C17H13N5O2S. The Morgan fingerprint density at radius 2 is 2.04 bits per heavy atom. The van der Waals surface area contributed by atoms with Crippen molar-refractivity contribution in [2.75, 3.05) is 0 Å². The molecule has 7 nitrogen and oxygen atoms in total. The minimum Gasteiger partial charge on any atom is -0.269 e. The van der Waals surface area contributed by atoms with Crippen molar-refractivity contribution in [2.24, 2.45) is 0 Å². The largest absolute Gasteiger partial charge is 0.269 e. The van der Waals surface area contributed by atoms with E-state index in [-0.39, 0.29) is 5.91 Å². The first kappa shape index (κ1) is 14.5. The summed E-state index contributed by atoms with van der Waals surface area (Å²) in [5.41, 5.74) is 3.59. The fraction of sp³-hybridized carbons (Fsp3) is 0.176. The number of fused-ring (bicyclic) bond motifs is 1. The predicted octanol–water partition coefficient (Wildman–Crippen LogP) is 1.96. The number of carbonyl (C=O) groups is 1. The molecule has 1 atom stereocenters. The summed E-state index contributed by atoms with van der Waals surface area (Å²) in [6, 6.07) is 5.78. The number of hydrogen-bond acceptors (Lipinski definition) is 5. The van der Waals surface area contributed by atoms with Crippen molar-refractivity contribution in [3.63, 3.8) is 0 Å². The standard InChI is InChI=1S/C17H13N5O2S/c23-16-6-17(25(24)21-16)22-15-4-3-11(5-12(15)7-20-22)14-9-18-13(8-19-14)10-1-2-10/h3-10H,1-2H2,(H,21,23). The highest BCUT2D eigenvalue weighted by Crippen LogP contribution is 2.38. The number of aromatic nitrogens is 4. The molecule has 1 aliphatic heterocycles. The van der Waals surface area contributed by atoms with Crippen molar-refractivity contribution in [3.05, 3.63) is 48.6 Å². The van der Waals surface area contributed by atoms with Gasteiger partial charge in [0.15, 0.2) is 16.0 Å². The van der Waals surface area contributed by atoms with Crippen LogP contribution in [0.1, 0.15) is 24.5 Å². The van der Waals surface area contributed by atoms with Gasteiger partial charge in [0.05, 0.1) is 29.3 Å². The fourth-order valence-corrected chi connectivity index (χ4v) is 3.79. The first-order valence-electron chi connectivity index (χ1n) is 7.93. The van der Waals surface area contributed by atoms with Crippen LogP contribution in [0.2, 0.25) is 0 Å². The average Bonchev–Trinajstić information content (AvgIpc) is 3.31. The summed E-state index contributed by atoms with van der Waals surface area (Å²) in [7, 11) is -1.58. The maximum atomic E-state index is 11.9. The third-order valence-corrected chi connectivity index (χ3v) is 5.44. The molecule has 5 rings (SSSR count). The molecule has 0 radical (unpaired) electrons. The highest BCUT2D eigenvalue weighted by molar-refractivity contribution is 7.93. The second-order valence-corrected chi connectivity index (χ2v) is 7.31. The first-order chi connectivity index (χ1) is 12.2. The number of amides is 1. The summed E-state index contributed by atoms with van der Waals surface area (Å²) in [5, 5.41) is 5.48. The number of benzene rings is 1. The van der Waals surface area contributed by atoms with Gasteiger partial charge in [0.25, 0.3) is 5.91 Å². The van der Waals surface area contributed by atoms with Crippen LogP contribution in [0.3, 0.4) is 0 Å². The molecule has 2 aromatic heterocycles.